The number of hydrogen-bond donors (Lipinski definition) is 0. The fourth-order valence-corrected chi connectivity index (χ4v) is 3.66. The van der Waals surface area contributed by atoms with E-state index in [-0.39, 0.29) is 11.9 Å². The molecule has 0 unspecified atom stereocenters. The molecule has 150 valence electrons. The van der Waals surface area contributed by atoms with E-state index in [0.717, 1.165) is 31.1 Å². The van der Waals surface area contributed by atoms with Crippen molar-refractivity contribution in [2.24, 2.45) is 17.8 Å². The van der Waals surface area contributed by atoms with Gasteiger partial charge in [0.25, 0.3) is 0 Å². The second-order valence-electron chi connectivity index (χ2n) is 8.16. The zero-order chi connectivity index (χ0) is 19.0. The third-order valence-electron chi connectivity index (χ3n) is 5.41. The van der Waals surface area contributed by atoms with Gasteiger partial charge in [0.05, 0.1) is 12.5 Å². The molecule has 0 N–H and O–H groups in total. The molecule has 1 aliphatic rings. The van der Waals surface area contributed by atoms with Gasteiger partial charge in [0.15, 0.2) is 0 Å². The first kappa shape index (κ1) is 23.0. The average molecular weight is 363 g/mol. The van der Waals surface area contributed by atoms with Crippen molar-refractivity contribution in [3.63, 3.8) is 0 Å². The molecule has 0 aromatic rings. The molecule has 0 spiro atoms. The predicted molar refractivity (Wildman–Crippen MR) is 112 cm³/mol. The fraction of sp³-hybridized carbons (Fsp3) is 0.792. The van der Waals surface area contributed by atoms with Gasteiger partial charge >= 0.3 is 5.97 Å². The summed E-state index contributed by atoms with van der Waals surface area (Å²) in [7, 11) is 0. The maximum absolute atomic E-state index is 11.4. The standard InChI is InChI=1S/C24H42O2/c1-4-5-6-7-9-12-16-22-18-15-19-23(22)17-13-10-8-11-14-20-26-24(25)21(2)3/h10,12-13,16,21-23H,4-9,11,14-15,17-20H2,1-3H3/t22-,23+/m1/s1. The second-order valence-corrected chi connectivity index (χ2v) is 8.16. The van der Waals surface area contributed by atoms with E-state index in [9.17, 15) is 4.79 Å². The highest BCUT2D eigenvalue weighted by atomic mass is 16.5. The number of ether oxygens (including phenoxy) is 1. The Balaban J connectivity index is 2.08. The molecule has 26 heavy (non-hydrogen) atoms. The van der Waals surface area contributed by atoms with Crippen molar-refractivity contribution >= 4 is 5.97 Å². The third kappa shape index (κ3) is 10.8. The first-order chi connectivity index (χ1) is 12.6. The summed E-state index contributed by atoms with van der Waals surface area (Å²) in [6, 6.07) is 0. The second kappa shape index (κ2) is 15.1. The van der Waals surface area contributed by atoms with Crippen LogP contribution >= 0.6 is 0 Å². The number of allylic oxidation sites excluding steroid dienone is 4. The van der Waals surface area contributed by atoms with Crippen LogP contribution in [0.15, 0.2) is 24.3 Å². The van der Waals surface area contributed by atoms with E-state index in [2.05, 4.69) is 31.2 Å². The van der Waals surface area contributed by atoms with E-state index in [1.165, 1.54) is 57.8 Å². The molecule has 0 aromatic heterocycles. The van der Waals surface area contributed by atoms with Crippen LogP contribution in [-0.4, -0.2) is 12.6 Å². The van der Waals surface area contributed by atoms with Crippen LogP contribution in [0.4, 0.5) is 0 Å². The van der Waals surface area contributed by atoms with Crippen LogP contribution in [0.3, 0.4) is 0 Å². The smallest absolute Gasteiger partial charge is 0.308 e. The normalized spacial score (nSPS) is 20.6. The van der Waals surface area contributed by atoms with Crippen LogP contribution in [-0.2, 0) is 9.53 Å². The average Bonchev–Trinajstić information content (AvgIpc) is 3.07. The van der Waals surface area contributed by atoms with Crippen LogP contribution in [0.2, 0.25) is 0 Å². The van der Waals surface area contributed by atoms with Gasteiger partial charge in [-0.1, -0.05) is 70.8 Å². The summed E-state index contributed by atoms with van der Waals surface area (Å²) in [6.45, 7) is 6.60. The molecule has 0 saturated heterocycles. The Kier molecular flexibility index (Phi) is 13.3. The van der Waals surface area contributed by atoms with Crippen molar-refractivity contribution in [2.45, 2.75) is 97.8 Å². The number of unbranched alkanes of at least 4 members (excludes halogenated alkanes) is 6. The van der Waals surface area contributed by atoms with E-state index in [0.29, 0.717) is 6.61 Å². The lowest BCUT2D eigenvalue weighted by Crippen LogP contribution is -2.12. The van der Waals surface area contributed by atoms with Crippen LogP contribution < -0.4 is 0 Å². The monoisotopic (exact) mass is 362 g/mol. The lowest BCUT2D eigenvalue weighted by molar-refractivity contribution is -0.147. The van der Waals surface area contributed by atoms with Crippen LogP contribution in [0.25, 0.3) is 0 Å². The third-order valence-corrected chi connectivity index (χ3v) is 5.41. The van der Waals surface area contributed by atoms with Crippen LogP contribution in [0.1, 0.15) is 97.8 Å². The first-order valence-electron chi connectivity index (χ1n) is 11.1. The molecule has 0 heterocycles. The van der Waals surface area contributed by atoms with Gasteiger partial charge in [0.1, 0.15) is 0 Å². The zero-order valence-electron chi connectivity index (χ0n) is 17.6. The molecule has 2 atom stereocenters. The molecule has 1 fully saturated rings. The molecular formula is C24H42O2. The van der Waals surface area contributed by atoms with Crippen LogP contribution in [0, 0.1) is 17.8 Å². The Labute approximate surface area is 162 Å². The first-order valence-corrected chi connectivity index (χ1v) is 11.1. The summed E-state index contributed by atoms with van der Waals surface area (Å²) >= 11 is 0. The number of rotatable bonds is 14. The van der Waals surface area contributed by atoms with Crippen molar-refractivity contribution in [1.82, 2.24) is 0 Å². The van der Waals surface area contributed by atoms with Gasteiger partial charge in [-0.3, -0.25) is 4.79 Å². The van der Waals surface area contributed by atoms with Gasteiger partial charge in [-0.05, 0) is 63.2 Å². The van der Waals surface area contributed by atoms with E-state index >= 15 is 0 Å². The summed E-state index contributed by atoms with van der Waals surface area (Å²) < 4.78 is 5.20. The van der Waals surface area contributed by atoms with Gasteiger partial charge in [-0.2, -0.15) is 0 Å². The molecule has 2 nitrogen and oxygen atoms in total. The molecule has 1 saturated carbocycles. The number of esters is 1. The Hall–Kier alpha value is -1.05. The zero-order valence-corrected chi connectivity index (χ0v) is 17.6. The number of hydrogen-bond acceptors (Lipinski definition) is 2. The van der Waals surface area contributed by atoms with Gasteiger partial charge in [-0.25, -0.2) is 0 Å². The lowest BCUT2D eigenvalue weighted by Gasteiger charge is -2.14. The molecule has 1 rings (SSSR count). The molecule has 0 aromatic carbocycles. The largest absolute Gasteiger partial charge is 0.465 e. The van der Waals surface area contributed by atoms with Gasteiger partial charge in [-0.15, -0.1) is 0 Å². The quantitative estimate of drug-likeness (QED) is 0.185. The molecule has 0 amide bonds. The van der Waals surface area contributed by atoms with E-state index < -0.39 is 0 Å². The Morgan fingerprint density at radius 1 is 1.00 bits per heavy atom. The summed E-state index contributed by atoms with van der Waals surface area (Å²) in [5.41, 5.74) is 0. The van der Waals surface area contributed by atoms with Crippen molar-refractivity contribution in [1.29, 1.82) is 0 Å². The summed E-state index contributed by atoms with van der Waals surface area (Å²) in [5, 5.41) is 0. The minimum atomic E-state index is -0.0776. The Morgan fingerprint density at radius 3 is 2.54 bits per heavy atom. The predicted octanol–water partition coefficient (Wildman–Crippen LogP) is 7.25. The van der Waals surface area contributed by atoms with Crippen molar-refractivity contribution in [3.05, 3.63) is 24.3 Å². The minimum absolute atomic E-state index is 0.0142. The summed E-state index contributed by atoms with van der Waals surface area (Å²) in [5.74, 6) is 1.57. The summed E-state index contributed by atoms with van der Waals surface area (Å²) in [6.07, 6.45) is 24.9. The molecular weight excluding hydrogens is 320 g/mol. The highest BCUT2D eigenvalue weighted by Crippen LogP contribution is 2.35. The fourth-order valence-electron chi connectivity index (χ4n) is 3.66. The number of carbonyl (C=O) groups is 1. The SMILES string of the molecule is CCCCCCC=C[C@@H]1CCC[C@@H]1CC=CCCCCOC(=O)C(C)C. The van der Waals surface area contributed by atoms with Crippen molar-refractivity contribution < 1.29 is 9.53 Å². The summed E-state index contributed by atoms with van der Waals surface area (Å²) in [4.78, 5) is 11.4. The van der Waals surface area contributed by atoms with Crippen molar-refractivity contribution in [3.8, 4) is 0 Å². The molecule has 0 bridgehead atoms. The van der Waals surface area contributed by atoms with Crippen LogP contribution in [0.5, 0.6) is 0 Å². The van der Waals surface area contributed by atoms with E-state index in [1.54, 1.807) is 0 Å². The van der Waals surface area contributed by atoms with Gasteiger partial charge in [0, 0.05) is 0 Å². The van der Waals surface area contributed by atoms with Crippen molar-refractivity contribution in [2.75, 3.05) is 6.61 Å². The molecule has 0 aliphatic heterocycles. The molecule has 1 aliphatic carbocycles. The Bertz CT molecular complexity index is 408. The minimum Gasteiger partial charge on any atom is -0.465 e. The van der Waals surface area contributed by atoms with E-state index in [4.69, 9.17) is 4.74 Å². The van der Waals surface area contributed by atoms with Gasteiger partial charge < -0.3 is 4.74 Å². The lowest BCUT2D eigenvalue weighted by atomic mass is 9.92. The van der Waals surface area contributed by atoms with E-state index in [1.807, 2.05) is 13.8 Å². The number of carbonyl (C=O) groups excluding carboxylic acids is 1. The highest BCUT2D eigenvalue weighted by molar-refractivity contribution is 5.71. The topological polar surface area (TPSA) is 26.3 Å². The highest BCUT2D eigenvalue weighted by Gasteiger charge is 2.23. The maximum Gasteiger partial charge on any atom is 0.308 e. The van der Waals surface area contributed by atoms with Gasteiger partial charge in [0.2, 0.25) is 0 Å². The maximum atomic E-state index is 11.4. The molecule has 0 radical (unpaired) electrons. The molecule has 2 heteroatoms. The Morgan fingerprint density at radius 2 is 1.77 bits per heavy atom.